The molecule has 39 heavy (non-hydrogen) atoms. The molecule has 8 nitrogen and oxygen atoms in total. The molecule has 0 unspecified atom stereocenters. The van der Waals surface area contributed by atoms with Crippen LogP contribution in [0.2, 0.25) is 0 Å². The summed E-state index contributed by atoms with van der Waals surface area (Å²) in [4.78, 5) is 16.1. The zero-order valence-corrected chi connectivity index (χ0v) is 25.5. The minimum absolute atomic E-state index is 0.0354. The van der Waals surface area contributed by atoms with Crippen LogP contribution in [0.25, 0.3) is 33.4 Å². The molecule has 10 heteroatoms. The van der Waals surface area contributed by atoms with Gasteiger partial charge in [0, 0.05) is 80.2 Å². The minimum atomic E-state index is -3.83. The number of hydrogen-bond donors (Lipinski definition) is 0. The van der Waals surface area contributed by atoms with Gasteiger partial charge in [-0.3, -0.25) is 4.79 Å². The van der Waals surface area contributed by atoms with E-state index in [1.165, 1.54) is 4.31 Å². The van der Waals surface area contributed by atoms with E-state index in [1.807, 2.05) is 109 Å². The molecule has 0 spiro atoms. The third-order valence-electron chi connectivity index (χ3n) is 7.20. The first-order valence-electron chi connectivity index (χ1n) is 12.7. The summed E-state index contributed by atoms with van der Waals surface area (Å²) >= 11 is 2.05. The minimum Gasteiger partial charge on any atom is -0.456 e. The molecule has 204 valence electrons. The Morgan fingerprint density at radius 1 is 0.974 bits per heavy atom. The number of anilines is 1. The van der Waals surface area contributed by atoms with E-state index in [0.717, 1.165) is 27.6 Å². The van der Waals surface area contributed by atoms with Crippen LogP contribution in [-0.2, 0) is 14.8 Å². The molecule has 0 saturated carbocycles. The predicted octanol–water partition coefficient (Wildman–Crippen LogP) is 3.57. The second-order valence-electron chi connectivity index (χ2n) is 10.0. The SMILES string of the molecule is CN(C)c1ccc2c(-c3ccccc3S(=O)(=O)N3CCN(C(=O)CI)CC3)c3ccc(=[N+](C)C)cc-3oc2c1. The Morgan fingerprint density at radius 2 is 1.69 bits per heavy atom. The molecule has 1 aliphatic carbocycles. The van der Waals surface area contributed by atoms with Crippen molar-refractivity contribution in [3.05, 3.63) is 66.0 Å². The second kappa shape index (κ2) is 10.9. The van der Waals surface area contributed by atoms with E-state index >= 15 is 0 Å². The smallest absolute Gasteiger partial charge is 0.243 e. The van der Waals surface area contributed by atoms with Gasteiger partial charge in [0.1, 0.15) is 25.4 Å². The quantitative estimate of drug-likeness (QED) is 0.142. The number of halogens is 1. The molecule has 0 atom stereocenters. The van der Waals surface area contributed by atoms with Gasteiger partial charge in [0.25, 0.3) is 0 Å². The first-order valence-corrected chi connectivity index (χ1v) is 15.7. The molecule has 0 N–H and O–H groups in total. The van der Waals surface area contributed by atoms with Crippen LogP contribution in [0.5, 0.6) is 0 Å². The molecule has 1 amide bonds. The average Bonchev–Trinajstić information content (AvgIpc) is 2.94. The Hall–Kier alpha value is -2.96. The van der Waals surface area contributed by atoms with Crippen LogP contribution in [0.15, 0.2) is 70.0 Å². The Balaban J connectivity index is 1.72. The zero-order chi connectivity index (χ0) is 27.9. The molecule has 5 rings (SSSR count). The van der Waals surface area contributed by atoms with Gasteiger partial charge in [0.05, 0.1) is 15.4 Å². The Morgan fingerprint density at radius 3 is 2.36 bits per heavy atom. The number of alkyl halides is 1. The van der Waals surface area contributed by atoms with E-state index in [4.69, 9.17) is 4.42 Å². The van der Waals surface area contributed by atoms with Gasteiger partial charge in [-0.25, -0.2) is 13.0 Å². The number of amides is 1. The van der Waals surface area contributed by atoms with Gasteiger partial charge in [-0.05, 0) is 24.3 Å². The summed E-state index contributed by atoms with van der Waals surface area (Å²) in [6, 6.07) is 19.2. The van der Waals surface area contributed by atoms with Crippen LogP contribution in [0.4, 0.5) is 5.69 Å². The number of rotatable bonds is 5. The molecule has 2 aromatic rings. The lowest BCUT2D eigenvalue weighted by molar-refractivity contribution is -0.129. The van der Waals surface area contributed by atoms with Crippen LogP contribution >= 0.6 is 22.6 Å². The molecule has 0 radical (unpaired) electrons. The van der Waals surface area contributed by atoms with Gasteiger partial charge in [0.2, 0.25) is 21.3 Å². The molecule has 1 saturated heterocycles. The van der Waals surface area contributed by atoms with Crippen molar-refractivity contribution in [3.63, 3.8) is 0 Å². The summed E-state index contributed by atoms with van der Waals surface area (Å²) < 4.78 is 38.5. The van der Waals surface area contributed by atoms with Crippen LogP contribution in [0, 0.1) is 0 Å². The van der Waals surface area contributed by atoms with Crippen molar-refractivity contribution in [1.29, 1.82) is 0 Å². The number of fused-ring (bicyclic) bond motifs is 2. The molecule has 1 fully saturated rings. The lowest BCUT2D eigenvalue weighted by Crippen LogP contribution is -2.50. The van der Waals surface area contributed by atoms with Gasteiger partial charge >= 0.3 is 0 Å². The van der Waals surface area contributed by atoms with Gasteiger partial charge in [-0.2, -0.15) is 4.31 Å². The average molecular weight is 660 g/mol. The topological polar surface area (TPSA) is 77.1 Å². The van der Waals surface area contributed by atoms with Crippen LogP contribution < -0.4 is 14.8 Å². The fourth-order valence-electron chi connectivity index (χ4n) is 5.01. The van der Waals surface area contributed by atoms with E-state index in [1.54, 1.807) is 17.0 Å². The highest BCUT2D eigenvalue weighted by atomic mass is 127. The molecule has 2 heterocycles. The summed E-state index contributed by atoms with van der Waals surface area (Å²) in [5, 5.41) is 1.82. The predicted molar refractivity (Wildman–Crippen MR) is 164 cm³/mol. The molecule has 3 aliphatic rings. The van der Waals surface area contributed by atoms with E-state index in [-0.39, 0.29) is 23.9 Å². The molecule has 0 bridgehead atoms. The molecule has 2 aliphatic heterocycles. The first-order chi connectivity index (χ1) is 18.6. The van der Waals surface area contributed by atoms with E-state index in [0.29, 0.717) is 34.4 Å². The van der Waals surface area contributed by atoms with Crippen LogP contribution in [-0.4, -0.2) is 82.3 Å². The highest BCUT2D eigenvalue weighted by Gasteiger charge is 2.32. The molecular weight excluding hydrogens is 627 g/mol. The van der Waals surface area contributed by atoms with Crippen LogP contribution in [0.1, 0.15) is 0 Å². The third-order valence-corrected chi connectivity index (χ3v) is 9.81. The number of carbonyl (C=O) groups is 1. The summed E-state index contributed by atoms with van der Waals surface area (Å²) in [7, 11) is 4.07. The van der Waals surface area contributed by atoms with Gasteiger partial charge < -0.3 is 14.2 Å². The van der Waals surface area contributed by atoms with Crippen molar-refractivity contribution in [1.82, 2.24) is 13.8 Å². The lowest BCUT2D eigenvalue weighted by Gasteiger charge is -2.34. The van der Waals surface area contributed by atoms with Gasteiger partial charge in [-0.15, -0.1) is 0 Å². The normalized spacial score (nSPS) is 14.6. The first kappa shape index (κ1) is 27.6. The largest absolute Gasteiger partial charge is 0.456 e. The summed E-state index contributed by atoms with van der Waals surface area (Å²) in [6.07, 6.45) is 0. The monoisotopic (exact) mass is 659 g/mol. The highest BCUT2D eigenvalue weighted by Crippen LogP contribution is 2.43. The van der Waals surface area contributed by atoms with Crippen molar-refractivity contribution < 1.29 is 17.6 Å². The highest BCUT2D eigenvalue weighted by molar-refractivity contribution is 14.1. The van der Waals surface area contributed by atoms with Crippen LogP contribution in [0.3, 0.4) is 0 Å². The number of sulfonamides is 1. The second-order valence-corrected chi connectivity index (χ2v) is 12.7. The molecule has 0 aromatic heterocycles. The number of carbonyl (C=O) groups excluding carboxylic acids is 1. The maximum atomic E-state index is 14.1. The van der Waals surface area contributed by atoms with Crippen molar-refractivity contribution in [2.45, 2.75) is 4.90 Å². The number of benzene rings is 3. The zero-order valence-electron chi connectivity index (χ0n) is 22.5. The lowest BCUT2D eigenvalue weighted by atomic mass is 9.93. The maximum absolute atomic E-state index is 14.1. The Labute approximate surface area is 242 Å². The van der Waals surface area contributed by atoms with Crippen molar-refractivity contribution in [2.75, 3.05) is 63.7 Å². The summed E-state index contributed by atoms with van der Waals surface area (Å²) in [5.74, 6) is 0.714. The third kappa shape index (κ3) is 5.17. The molecule has 2 aromatic carbocycles. The van der Waals surface area contributed by atoms with E-state index in [2.05, 4.69) is 0 Å². The van der Waals surface area contributed by atoms with E-state index in [9.17, 15) is 13.2 Å². The van der Waals surface area contributed by atoms with Gasteiger partial charge in [-0.1, -0.05) is 40.8 Å². The van der Waals surface area contributed by atoms with Crippen molar-refractivity contribution in [2.24, 2.45) is 0 Å². The van der Waals surface area contributed by atoms with Gasteiger partial charge in [0.15, 0.2) is 0 Å². The van der Waals surface area contributed by atoms with Crippen molar-refractivity contribution >= 4 is 55.2 Å². The van der Waals surface area contributed by atoms with E-state index < -0.39 is 10.0 Å². The fraction of sp³-hybridized carbons (Fsp3) is 0.310. The standard InChI is InChI=1S/C29H32IN4O4S/c1-31(2)20-9-11-22-25(17-20)38-26-18-21(32(3)4)10-12-23(26)29(22)24-7-5-6-8-27(24)39(36,37)34-15-13-33(14-16-34)28(35)19-30/h5-12,17-18H,13-16,19H2,1-4H3/q+1. The number of piperazine rings is 1. The summed E-state index contributed by atoms with van der Waals surface area (Å²) in [5.41, 5.74) is 3.95. The van der Waals surface area contributed by atoms with Crippen molar-refractivity contribution in [3.8, 4) is 22.5 Å². The Bertz CT molecular complexity index is 1700. The Kier molecular flexibility index (Phi) is 7.71. The number of nitrogens with zero attached hydrogens (tertiary/aromatic N) is 4. The summed E-state index contributed by atoms with van der Waals surface area (Å²) in [6.45, 7) is 1.31. The molecular formula is C29H32IN4O4S+. The maximum Gasteiger partial charge on any atom is 0.243 e. The number of hydrogen-bond acceptors (Lipinski definition) is 5. The fourth-order valence-corrected chi connectivity index (χ4v) is 7.12.